The van der Waals surface area contributed by atoms with E-state index in [-0.39, 0.29) is 41.1 Å². The Morgan fingerprint density at radius 3 is 2.27 bits per heavy atom. The van der Waals surface area contributed by atoms with E-state index in [1.165, 1.54) is 6.07 Å². The van der Waals surface area contributed by atoms with Gasteiger partial charge in [0, 0.05) is 63.6 Å². The Labute approximate surface area is 284 Å². The molecule has 0 aliphatic heterocycles. The number of para-hydroxylation sites is 2. The van der Waals surface area contributed by atoms with Crippen LogP contribution in [0.25, 0.3) is 32.8 Å². The van der Waals surface area contributed by atoms with Gasteiger partial charge in [-0.3, -0.25) is 14.4 Å². The van der Waals surface area contributed by atoms with Crippen molar-refractivity contribution in [2.45, 2.75) is 25.9 Å². The van der Waals surface area contributed by atoms with Crippen molar-refractivity contribution in [3.8, 4) is 5.75 Å². The summed E-state index contributed by atoms with van der Waals surface area (Å²) in [5, 5.41) is 5.43. The highest BCUT2D eigenvalue weighted by atomic mass is 79.9. The molecular formula is C39H32BrN3O5. The first-order valence-corrected chi connectivity index (χ1v) is 16.6. The number of carbonyl (C=O) groups is 2. The summed E-state index contributed by atoms with van der Waals surface area (Å²) >= 11 is 3.43. The van der Waals surface area contributed by atoms with Crippen LogP contribution in [0.15, 0.2) is 123 Å². The average Bonchev–Trinajstić information content (AvgIpc) is 3.71. The lowest BCUT2D eigenvalue weighted by molar-refractivity contribution is -0.124. The second-order valence-corrected chi connectivity index (χ2v) is 12.7. The third kappa shape index (κ3) is 6.68. The van der Waals surface area contributed by atoms with Gasteiger partial charge < -0.3 is 24.4 Å². The first kappa shape index (κ1) is 31.2. The van der Waals surface area contributed by atoms with Gasteiger partial charge >= 0.3 is 0 Å². The van der Waals surface area contributed by atoms with E-state index < -0.39 is 11.7 Å². The van der Waals surface area contributed by atoms with Gasteiger partial charge in [-0.25, -0.2) is 0 Å². The molecule has 0 bridgehead atoms. The Morgan fingerprint density at radius 2 is 1.52 bits per heavy atom. The van der Waals surface area contributed by atoms with E-state index in [9.17, 15) is 14.4 Å². The highest BCUT2D eigenvalue weighted by Gasteiger charge is 2.26. The largest absolute Gasteiger partial charge is 0.488 e. The quantitative estimate of drug-likeness (QED) is 0.112. The van der Waals surface area contributed by atoms with E-state index in [0.29, 0.717) is 25.1 Å². The normalized spacial score (nSPS) is 12.0. The van der Waals surface area contributed by atoms with Gasteiger partial charge in [0.15, 0.2) is 17.0 Å². The molecule has 0 saturated heterocycles. The summed E-state index contributed by atoms with van der Waals surface area (Å²) in [4.78, 5) is 47.3. The van der Waals surface area contributed by atoms with Gasteiger partial charge in [0.05, 0.1) is 0 Å². The van der Waals surface area contributed by atoms with Crippen molar-refractivity contribution in [2.24, 2.45) is 5.92 Å². The minimum Gasteiger partial charge on any atom is -0.488 e. The molecule has 9 heteroatoms. The summed E-state index contributed by atoms with van der Waals surface area (Å²) in [6, 6.07) is 29.9. The van der Waals surface area contributed by atoms with Crippen LogP contribution in [-0.2, 0) is 24.2 Å². The summed E-state index contributed by atoms with van der Waals surface area (Å²) < 4.78 is 12.9. The molecule has 1 amide bonds. The molecule has 48 heavy (non-hydrogen) atoms. The number of H-pyrrole nitrogens is 2. The molecular weight excluding hydrogens is 670 g/mol. The zero-order chi connectivity index (χ0) is 33.0. The number of Topliss-reactive ketones (excluding diaryl/α,β-unsaturated/α-hetero) is 1. The highest BCUT2D eigenvalue weighted by Crippen LogP contribution is 2.27. The molecule has 4 aromatic carbocycles. The van der Waals surface area contributed by atoms with Crippen molar-refractivity contribution in [1.82, 2.24) is 15.3 Å². The summed E-state index contributed by atoms with van der Waals surface area (Å²) in [6.07, 6.45) is 4.68. The van der Waals surface area contributed by atoms with Gasteiger partial charge in [0.25, 0.3) is 0 Å². The number of carbonyl (C=O) groups excluding carboxylic acids is 2. The molecule has 0 spiro atoms. The predicted octanol–water partition coefficient (Wildman–Crippen LogP) is 7.89. The van der Waals surface area contributed by atoms with E-state index in [1.54, 1.807) is 18.2 Å². The Bertz CT molecular complexity index is 2320. The molecule has 0 unspecified atom stereocenters. The van der Waals surface area contributed by atoms with Gasteiger partial charge in [0.2, 0.25) is 5.91 Å². The molecule has 0 aliphatic rings. The highest BCUT2D eigenvalue weighted by molar-refractivity contribution is 9.10. The van der Waals surface area contributed by atoms with Crippen LogP contribution in [-0.4, -0.2) is 28.2 Å². The van der Waals surface area contributed by atoms with Gasteiger partial charge in [-0.05, 0) is 65.9 Å². The van der Waals surface area contributed by atoms with Crippen LogP contribution < -0.4 is 15.5 Å². The van der Waals surface area contributed by atoms with Gasteiger partial charge in [-0.2, -0.15) is 0 Å². The smallest absolute Gasteiger partial charge is 0.223 e. The topological polar surface area (TPSA) is 117 Å². The molecule has 0 fully saturated rings. The fourth-order valence-corrected chi connectivity index (χ4v) is 6.39. The zero-order valence-corrected chi connectivity index (χ0v) is 27.5. The molecule has 3 heterocycles. The fourth-order valence-electron chi connectivity index (χ4n) is 6.13. The second-order valence-electron chi connectivity index (χ2n) is 11.8. The molecule has 7 rings (SSSR count). The van der Waals surface area contributed by atoms with Crippen LogP contribution in [0.5, 0.6) is 5.75 Å². The molecule has 240 valence electrons. The van der Waals surface area contributed by atoms with Crippen molar-refractivity contribution < 1.29 is 18.7 Å². The number of aromatic amines is 2. The number of hydrogen-bond donors (Lipinski definition) is 3. The number of fused-ring (bicyclic) bond motifs is 3. The van der Waals surface area contributed by atoms with Crippen molar-refractivity contribution in [2.75, 3.05) is 6.54 Å². The van der Waals surface area contributed by atoms with Crippen LogP contribution in [0.4, 0.5) is 0 Å². The van der Waals surface area contributed by atoms with E-state index in [1.807, 2.05) is 79.1 Å². The number of halogens is 1. The van der Waals surface area contributed by atoms with E-state index in [2.05, 4.69) is 37.3 Å². The first-order chi connectivity index (χ1) is 23.4. The monoisotopic (exact) mass is 701 g/mol. The summed E-state index contributed by atoms with van der Waals surface area (Å²) in [6.45, 7) is 0.671. The van der Waals surface area contributed by atoms with Crippen LogP contribution >= 0.6 is 15.9 Å². The third-order valence-corrected chi connectivity index (χ3v) is 9.14. The zero-order valence-electron chi connectivity index (χ0n) is 25.9. The third-order valence-electron chi connectivity index (χ3n) is 8.61. The number of benzene rings is 4. The van der Waals surface area contributed by atoms with E-state index in [4.69, 9.17) is 9.15 Å². The lowest BCUT2D eigenvalue weighted by Crippen LogP contribution is -2.34. The predicted molar refractivity (Wildman–Crippen MR) is 190 cm³/mol. The summed E-state index contributed by atoms with van der Waals surface area (Å²) in [5.41, 5.74) is 4.83. The number of hydrogen-bond acceptors (Lipinski definition) is 5. The molecule has 1 atom stereocenters. The maximum Gasteiger partial charge on any atom is 0.223 e. The number of nitrogens with one attached hydrogen (secondary N) is 3. The van der Waals surface area contributed by atoms with Gasteiger partial charge in [0.1, 0.15) is 23.3 Å². The minimum atomic E-state index is -0.693. The molecule has 0 aliphatic carbocycles. The SMILES string of the molecule is O=C(C[C@H](Cc1c[nH]c2ccccc12)C(=O)NCCc1c[nH]c2ccccc12)c1cc(=O)c2c(OCc3ccc(Br)cc3)cccc2o1. The fraction of sp³-hybridized carbons (Fsp3) is 0.154. The maximum absolute atomic E-state index is 13.7. The first-order valence-electron chi connectivity index (χ1n) is 15.8. The summed E-state index contributed by atoms with van der Waals surface area (Å²) in [5.74, 6) is -1.07. The molecule has 3 N–H and O–H groups in total. The van der Waals surface area contributed by atoms with Crippen LogP contribution in [0, 0.1) is 5.92 Å². The molecule has 0 saturated carbocycles. The lowest BCUT2D eigenvalue weighted by Gasteiger charge is -2.16. The van der Waals surface area contributed by atoms with Crippen molar-refractivity contribution in [3.05, 3.63) is 147 Å². The van der Waals surface area contributed by atoms with Crippen LogP contribution in [0.1, 0.15) is 33.7 Å². The Morgan fingerprint density at radius 1 is 0.833 bits per heavy atom. The Balaban J connectivity index is 1.10. The minimum absolute atomic E-state index is 0.0897. The number of aromatic nitrogens is 2. The average molecular weight is 703 g/mol. The number of rotatable bonds is 12. The number of ether oxygens (including phenoxy) is 1. The summed E-state index contributed by atoms with van der Waals surface area (Å²) in [7, 11) is 0. The standard InChI is InChI=1S/C39H32BrN3O5/c40-28-14-12-24(13-15-28)23-47-35-10-5-11-36-38(35)34(45)20-37(48-36)33(44)19-26(18-27-22-43-32-9-4-2-7-30(27)32)39(46)41-17-16-25-21-42-31-8-3-1-6-29(25)31/h1-15,20-22,26,42-43H,16-19,23H2,(H,41,46)/t26-/m0/s1. The van der Waals surface area contributed by atoms with Crippen molar-refractivity contribution in [3.63, 3.8) is 0 Å². The van der Waals surface area contributed by atoms with E-state index in [0.717, 1.165) is 43.0 Å². The van der Waals surface area contributed by atoms with Crippen LogP contribution in [0.2, 0.25) is 0 Å². The second kappa shape index (κ2) is 13.8. The van der Waals surface area contributed by atoms with Gasteiger partial charge in [-0.15, -0.1) is 0 Å². The Hall–Kier alpha value is -5.41. The molecule has 0 radical (unpaired) electrons. The maximum atomic E-state index is 13.7. The van der Waals surface area contributed by atoms with Gasteiger partial charge in [-0.1, -0.05) is 70.5 Å². The van der Waals surface area contributed by atoms with Crippen LogP contribution in [0.3, 0.4) is 0 Å². The molecule has 8 nitrogen and oxygen atoms in total. The number of amides is 1. The van der Waals surface area contributed by atoms with Crippen molar-refractivity contribution in [1.29, 1.82) is 0 Å². The van der Waals surface area contributed by atoms with E-state index >= 15 is 0 Å². The molecule has 7 aromatic rings. The lowest BCUT2D eigenvalue weighted by atomic mass is 9.92. The number of ketones is 1. The molecule has 3 aromatic heterocycles. The van der Waals surface area contributed by atoms with Crippen molar-refractivity contribution >= 4 is 60.4 Å². The Kier molecular flexibility index (Phi) is 8.94.